The second-order valence-electron chi connectivity index (χ2n) is 7.37. The number of allylic oxidation sites excluding steroid dienone is 1. The van der Waals surface area contributed by atoms with E-state index < -0.39 is 10.6 Å². The molecule has 32 heavy (non-hydrogen) atoms. The van der Waals surface area contributed by atoms with E-state index in [0.717, 1.165) is 11.1 Å². The molecular formula is C23H23N5O4. The molecule has 1 aliphatic rings. The Kier molecular flexibility index (Phi) is 6.20. The number of aromatic nitrogens is 2. The molecule has 0 amide bonds. The van der Waals surface area contributed by atoms with Crippen LogP contribution in [0.5, 0.6) is 5.75 Å². The average molecular weight is 433 g/mol. The van der Waals surface area contributed by atoms with Gasteiger partial charge in [-0.25, -0.2) is 9.97 Å². The Bertz CT molecular complexity index is 1190. The van der Waals surface area contributed by atoms with Gasteiger partial charge in [-0.2, -0.15) is 0 Å². The molecule has 0 bridgehead atoms. The summed E-state index contributed by atoms with van der Waals surface area (Å²) in [6, 6.07) is 10.8. The van der Waals surface area contributed by atoms with Crippen LogP contribution < -0.4 is 10.1 Å². The Morgan fingerprint density at radius 3 is 2.78 bits per heavy atom. The fourth-order valence-electron chi connectivity index (χ4n) is 3.81. The Morgan fingerprint density at radius 1 is 1.25 bits per heavy atom. The summed E-state index contributed by atoms with van der Waals surface area (Å²) in [5, 5.41) is 24.7. The molecule has 0 saturated heterocycles. The standard InChI is InChI=1S/C23H23N5O4/c1-2-26-23(20-11-21-18(14-24-15-25-21)10-22(20)28(30)31)12-17(13-27-23)9-16-3-5-19(6-4-16)32-8-7-29/h3-6,10-15,26,29H,2,7-9H2,1H3. The number of ether oxygens (including phenoxy) is 1. The number of likely N-dealkylation sites (N-methyl/N-ethyl adjacent to an activating group) is 1. The number of rotatable bonds is 9. The van der Waals surface area contributed by atoms with Crippen LogP contribution in [0, 0.1) is 10.1 Å². The van der Waals surface area contributed by atoms with E-state index in [0.29, 0.717) is 35.2 Å². The molecule has 9 heteroatoms. The van der Waals surface area contributed by atoms with Crippen molar-refractivity contribution >= 4 is 22.8 Å². The minimum atomic E-state index is -1.05. The number of hydrogen-bond donors (Lipinski definition) is 2. The van der Waals surface area contributed by atoms with Gasteiger partial charge >= 0.3 is 0 Å². The predicted molar refractivity (Wildman–Crippen MR) is 121 cm³/mol. The first-order chi connectivity index (χ1) is 15.5. The molecule has 0 fully saturated rings. The molecule has 0 saturated carbocycles. The number of nitro groups is 1. The van der Waals surface area contributed by atoms with Crippen molar-refractivity contribution in [2.75, 3.05) is 19.8 Å². The van der Waals surface area contributed by atoms with E-state index >= 15 is 0 Å². The summed E-state index contributed by atoms with van der Waals surface area (Å²) in [6.07, 6.45) is 7.28. The van der Waals surface area contributed by atoms with Gasteiger partial charge in [0.15, 0.2) is 5.66 Å². The number of fused-ring (bicyclic) bond motifs is 1. The zero-order valence-electron chi connectivity index (χ0n) is 17.6. The lowest BCUT2D eigenvalue weighted by Crippen LogP contribution is -2.38. The third-order valence-corrected chi connectivity index (χ3v) is 5.20. The number of nitrogens with one attached hydrogen (secondary N) is 1. The molecule has 0 radical (unpaired) electrons. The maximum atomic E-state index is 11.9. The van der Waals surface area contributed by atoms with E-state index in [1.54, 1.807) is 18.5 Å². The van der Waals surface area contributed by atoms with Crippen molar-refractivity contribution in [3.05, 3.63) is 81.8 Å². The van der Waals surface area contributed by atoms with Crippen molar-refractivity contribution in [1.29, 1.82) is 0 Å². The van der Waals surface area contributed by atoms with Gasteiger partial charge in [-0.3, -0.25) is 20.4 Å². The summed E-state index contributed by atoms with van der Waals surface area (Å²) in [4.78, 5) is 24.4. The lowest BCUT2D eigenvalue weighted by molar-refractivity contribution is -0.385. The molecule has 2 N–H and O–H groups in total. The van der Waals surface area contributed by atoms with Crippen molar-refractivity contribution in [1.82, 2.24) is 15.3 Å². The van der Waals surface area contributed by atoms with Gasteiger partial charge in [0.25, 0.3) is 5.69 Å². The van der Waals surface area contributed by atoms with Gasteiger partial charge in [0.05, 0.1) is 22.6 Å². The molecule has 9 nitrogen and oxygen atoms in total. The highest BCUT2D eigenvalue weighted by atomic mass is 16.6. The second-order valence-corrected chi connectivity index (χ2v) is 7.37. The molecule has 0 aliphatic carbocycles. The first-order valence-electron chi connectivity index (χ1n) is 10.3. The van der Waals surface area contributed by atoms with Gasteiger partial charge < -0.3 is 9.84 Å². The fourth-order valence-corrected chi connectivity index (χ4v) is 3.81. The maximum absolute atomic E-state index is 11.9. The van der Waals surface area contributed by atoms with Gasteiger partial charge in [0.1, 0.15) is 18.7 Å². The van der Waals surface area contributed by atoms with E-state index in [1.165, 1.54) is 12.4 Å². The van der Waals surface area contributed by atoms with Crippen molar-refractivity contribution in [3.63, 3.8) is 0 Å². The minimum absolute atomic E-state index is 0.0340. The average Bonchev–Trinajstić information content (AvgIpc) is 3.21. The Hall–Kier alpha value is -3.69. The zero-order chi connectivity index (χ0) is 22.6. The zero-order valence-corrected chi connectivity index (χ0v) is 17.6. The third-order valence-electron chi connectivity index (χ3n) is 5.20. The monoisotopic (exact) mass is 433 g/mol. The fraction of sp³-hybridized carbons (Fsp3) is 0.261. The van der Waals surface area contributed by atoms with Crippen LogP contribution in [0.3, 0.4) is 0 Å². The SMILES string of the molecule is CCNC1(c2cc3ncncc3cc2[N+](=O)[O-])C=C(Cc2ccc(OCCO)cc2)C=N1. The molecule has 1 unspecified atom stereocenters. The summed E-state index contributed by atoms with van der Waals surface area (Å²) in [5.74, 6) is 0.688. The molecule has 164 valence electrons. The van der Waals surface area contributed by atoms with Gasteiger partial charge in [0, 0.05) is 23.9 Å². The molecule has 3 aromatic rings. The van der Waals surface area contributed by atoms with Gasteiger partial charge in [-0.15, -0.1) is 0 Å². The molecule has 1 aromatic heterocycles. The van der Waals surface area contributed by atoms with Crippen LogP contribution in [0.1, 0.15) is 18.1 Å². The first kappa shape index (κ1) is 21.5. The smallest absolute Gasteiger partial charge is 0.277 e. The topological polar surface area (TPSA) is 123 Å². The van der Waals surface area contributed by atoms with Crippen LogP contribution >= 0.6 is 0 Å². The summed E-state index contributed by atoms with van der Waals surface area (Å²) < 4.78 is 5.40. The number of aliphatic hydroxyl groups is 1. The van der Waals surface area contributed by atoms with Gasteiger partial charge in [-0.1, -0.05) is 19.1 Å². The highest BCUT2D eigenvalue weighted by Crippen LogP contribution is 2.38. The Balaban J connectivity index is 1.69. The number of aliphatic hydroxyl groups excluding tert-OH is 1. The molecular weight excluding hydrogens is 410 g/mol. The van der Waals surface area contributed by atoms with Crippen LogP contribution in [0.4, 0.5) is 5.69 Å². The van der Waals surface area contributed by atoms with Crippen LogP contribution in [0.2, 0.25) is 0 Å². The summed E-state index contributed by atoms with van der Waals surface area (Å²) in [6.45, 7) is 2.71. The highest BCUT2D eigenvalue weighted by molar-refractivity contribution is 5.86. The Labute approximate surface area is 184 Å². The van der Waals surface area contributed by atoms with E-state index in [2.05, 4.69) is 20.3 Å². The summed E-state index contributed by atoms with van der Waals surface area (Å²) in [7, 11) is 0. The van der Waals surface area contributed by atoms with Crippen molar-refractivity contribution in [2.24, 2.45) is 4.99 Å². The van der Waals surface area contributed by atoms with E-state index in [4.69, 9.17) is 9.84 Å². The first-order valence-corrected chi connectivity index (χ1v) is 10.3. The number of aliphatic imine (C=N–C) groups is 1. The quantitative estimate of drug-likeness (QED) is 0.393. The molecule has 0 spiro atoms. The molecule has 4 rings (SSSR count). The maximum Gasteiger partial charge on any atom is 0.277 e. The van der Waals surface area contributed by atoms with Crippen molar-refractivity contribution < 1.29 is 14.8 Å². The van der Waals surface area contributed by atoms with E-state index in [9.17, 15) is 10.1 Å². The molecule has 1 atom stereocenters. The lowest BCUT2D eigenvalue weighted by atomic mass is 9.94. The number of nitro benzene ring substituents is 1. The van der Waals surface area contributed by atoms with Crippen LogP contribution in [0.25, 0.3) is 10.9 Å². The normalized spacial score (nSPS) is 17.5. The lowest BCUT2D eigenvalue weighted by Gasteiger charge is -2.25. The summed E-state index contributed by atoms with van der Waals surface area (Å²) in [5.41, 5.74) is 1.96. The number of hydrogen-bond acceptors (Lipinski definition) is 8. The number of benzene rings is 2. The van der Waals surface area contributed by atoms with E-state index in [1.807, 2.05) is 37.3 Å². The van der Waals surface area contributed by atoms with Crippen molar-refractivity contribution in [2.45, 2.75) is 19.0 Å². The highest BCUT2D eigenvalue weighted by Gasteiger charge is 2.38. The molecule has 2 aromatic carbocycles. The summed E-state index contributed by atoms with van der Waals surface area (Å²) >= 11 is 0. The molecule has 2 heterocycles. The third kappa shape index (κ3) is 4.34. The van der Waals surface area contributed by atoms with Gasteiger partial charge in [-0.05, 0) is 48.4 Å². The van der Waals surface area contributed by atoms with Crippen LogP contribution in [0.15, 0.2) is 65.6 Å². The second kappa shape index (κ2) is 9.21. The van der Waals surface area contributed by atoms with Crippen LogP contribution in [-0.2, 0) is 12.1 Å². The predicted octanol–water partition coefficient (Wildman–Crippen LogP) is 2.92. The van der Waals surface area contributed by atoms with E-state index in [-0.39, 0.29) is 18.9 Å². The minimum Gasteiger partial charge on any atom is -0.491 e. The van der Waals surface area contributed by atoms with Gasteiger partial charge in [0.2, 0.25) is 0 Å². The Morgan fingerprint density at radius 2 is 2.06 bits per heavy atom. The molecule has 1 aliphatic heterocycles. The van der Waals surface area contributed by atoms with Crippen LogP contribution in [-0.4, -0.2) is 46.0 Å². The number of nitrogens with zero attached hydrogens (tertiary/aromatic N) is 4. The largest absolute Gasteiger partial charge is 0.491 e. The van der Waals surface area contributed by atoms with Crippen molar-refractivity contribution in [3.8, 4) is 5.75 Å².